The molecule has 7 nitrogen and oxygen atoms in total. The number of carbonyl (C=O) groups is 1. The average Bonchev–Trinajstić information content (AvgIpc) is 3.22. The van der Waals surface area contributed by atoms with Gasteiger partial charge in [-0.2, -0.15) is 0 Å². The molecule has 2 fully saturated rings. The zero-order chi connectivity index (χ0) is 17.4. The van der Waals surface area contributed by atoms with Gasteiger partial charge in [-0.3, -0.25) is 4.79 Å². The number of nitrogens with one attached hydrogen (secondary N) is 1. The van der Waals surface area contributed by atoms with Gasteiger partial charge < -0.3 is 14.8 Å². The third-order valence-corrected chi connectivity index (χ3v) is 5.16. The Kier molecular flexibility index (Phi) is 4.35. The van der Waals surface area contributed by atoms with Crippen molar-refractivity contribution in [2.45, 2.75) is 32.6 Å². The molecule has 2 aromatic rings. The Hall–Kier alpha value is -1.77. The molecular formula is C17H19BrN4O3. The normalized spacial score (nSPS) is 19.1. The van der Waals surface area contributed by atoms with Gasteiger partial charge in [0.2, 0.25) is 0 Å². The second-order valence-electron chi connectivity index (χ2n) is 6.79. The fourth-order valence-electron chi connectivity index (χ4n) is 2.82. The number of aryl methyl sites for hydroxylation is 1. The van der Waals surface area contributed by atoms with Crippen LogP contribution in [0.25, 0.3) is 0 Å². The largest absolute Gasteiger partial charge is 0.350 e. The highest BCUT2D eigenvalue weighted by atomic mass is 79.9. The molecule has 0 radical (unpaired) electrons. The van der Waals surface area contributed by atoms with Crippen molar-refractivity contribution in [3.8, 4) is 0 Å². The Balaban J connectivity index is 1.36. The monoisotopic (exact) mass is 406 g/mol. The first-order valence-corrected chi connectivity index (χ1v) is 9.03. The highest BCUT2D eigenvalue weighted by Gasteiger charge is 2.46. The Morgan fingerprint density at radius 2 is 2.16 bits per heavy atom. The van der Waals surface area contributed by atoms with E-state index in [1.807, 2.05) is 19.1 Å². The average molecular weight is 407 g/mol. The van der Waals surface area contributed by atoms with Gasteiger partial charge in [-0.05, 0) is 37.5 Å². The molecule has 1 saturated carbocycles. The Bertz CT molecular complexity index is 793. The molecule has 8 heteroatoms. The second-order valence-corrected chi connectivity index (χ2v) is 7.71. The smallest absolute Gasteiger partial charge is 0.257 e. The topological polar surface area (TPSA) is 78.3 Å². The summed E-state index contributed by atoms with van der Waals surface area (Å²) in [4.78, 5) is 12.4. The minimum absolute atomic E-state index is 0.216. The lowest BCUT2D eigenvalue weighted by Crippen LogP contribution is -2.36. The molecule has 132 valence electrons. The number of benzene rings is 1. The summed E-state index contributed by atoms with van der Waals surface area (Å²) in [5.74, 6) is 0.186. The molecule has 2 aliphatic rings. The summed E-state index contributed by atoms with van der Waals surface area (Å²) in [5, 5.41) is 10.8. The molecule has 0 bridgehead atoms. The van der Waals surface area contributed by atoms with Gasteiger partial charge in [-0.1, -0.05) is 27.2 Å². The summed E-state index contributed by atoms with van der Waals surface area (Å²) >= 11 is 3.38. The number of nitrogens with zero attached hydrogens (tertiary/aromatic N) is 3. The molecule has 2 heterocycles. The van der Waals surface area contributed by atoms with E-state index in [0.717, 1.165) is 23.2 Å². The van der Waals surface area contributed by atoms with Gasteiger partial charge in [-0.15, -0.1) is 5.10 Å². The lowest BCUT2D eigenvalue weighted by atomic mass is 10.1. The van der Waals surface area contributed by atoms with E-state index >= 15 is 0 Å². The van der Waals surface area contributed by atoms with Gasteiger partial charge in [0.1, 0.15) is 0 Å². The molecule has 0 atom stereocenters. The van der Waals surface area contributed by atoms with E-state index in [4.69, 9.17) is 9.47 Å². The van der Waals surface area contributed by atoms with Crippen LogP contribution in [-0.4, -0.2) is 40.4 Å². The van der Waals surface area contributed by atoms with E-state index in [0.29, 0.717) is 17.9 Å². The predicted molar refractivity (Wildman–Crippen MR) is 94.2 cm³/mol. The van der Waals surface area contributed by atoms with Crippen molar-refractivity contribution in [1.29, 1.82) is 0 Å². The van der Waals surface area contributed by atoms with Crippen LogP contribution in [0.15, 0.2) is 28.9 Å². The fraction of sp³-hybridized carbons (Fsp3) is 0.471. The Morgan fingerprint density at radius 3 is 2.88 bits per heavy atom. The van der Waals surface area contributed by atoms with E-state index < -0.39 is 0 Å². The number of amides is 1. The van der Waals surface area contributed by atoms with Crippen molar-refractivity contribution in [2.24, 2.45) is 5.41 Å². The Labute approximate surface area is 153 Å². The van der Waals surface area contributed by atoms with Gasteiger partial charge >= 0.3 is 0 Å². The van der Waals surface area contributed by atoms with Crippen LogP contribution in [0.2, 0.25) is 0 Å². The molecule has 1 aromatic carbocycles. The maximum atomic E-state index is 12.4. The first-order chi connectivity index (χ1) is 12.0. The van der Waals surface area contributed by atoms with Gasteiger partial charge in [0, 0.05) is 15.5 Å². The molecule has 1 spiro atoms. The molecule has 1 saturated heterocycles. The van der Waals surface area contributed by atoms with Crippen LogP contribution >= 0.6 is 15.9 Å². The lowest BCUT2D eigenvalue weighted by Gasteiger charge is -2.29. The third-order valence-electron chi connectivity index (χ3n) is 4.67. The minimum atomic E-state index is -0.316. The number of hydrogen-bond donors (Lipinski definition) is 1. The number of ether oxygens (including phenoxy) is 2. The van der Waals surface area contributed by atoms with Crippen LogP contribution in [0, 0.1) is 12.3 Å². The number of halogens is 1. The zero-order valence-corrected chi connectivity index (χ0v) is 15.5. The van der Waals surface area contributed by atoms with Gasteiger partial charge in [-0.25, -0.2) is 4.68 Å². The summed E-state index contributed by atoms with van der Waals surface area (Å²) in [7, 11) is 0. The highest BCUT2D eigenvalue weighted by molar-refractivity contribution is 9.10. The van der Waals surface area contributed by atoms with Crippen molar-refractivity contribution >= 4 is 27.7 Å². The molecular weight excluding hydrogens is 388 g/mol. The van der Waals surface area contributed by atoms with E-state index in [9.17, 15) is 4.79 Å². The van der Waals surface area contributed by atoms with E-state index in [2.05, 4.69) is 31.6 Å². The van der Waals surface area contributed by atoms with Crippen molar-refractivity contribution < 1.29 is 14.3 Å². The number of carbonyl (C=O) groups excluding carboxylic acids is 1. The lowest BCUT2D eigenvalue weighted by molar-refractivity contribution is -0.213. The molecule has 4 rings (SSSR count). The molecule has 0 unspecified atom stereocenters. The van der Waals surface area contributed by atoms with Gasteiger partial charge in [0.05, 0.1) is 26.0 Å². The van der Waals surface area contributed by atoms with Crippen LogP contribution in [0.3, 0.4) is 0 Å². The van der Waals surface area contributed by atoms with Crippen molar-refractivity contribution in [1.82, 2.24) is 15.0 Å². The molecule has 1 aliphatic carbocycles. The predicted octanol–water partition coefficient (Wildman–Crippen LogP) is 2.75. The van der Waals surface area contributed by atoms with E-state index in [-0.39, 0.29) is 17.6 Å². The second kappa shape index (κ2) is 6.51. The van der Waals surface area contributed by atoms with Gasteiger partial charge in [0.25, 0.3) is 5.91 Å². The number of rotatable bonds is 4. The third kappa shape index (κ3) is 3.75. The first-order valence-electron chi connectivity index (χ1n) is 8.24. The van der Waals surface area contributed by atoms with Crippen LogP contribution < -0.4 is 5.32 Å². The molecule has 1 aliphatic heterocycles. The molecule has 1 amide bonds. The van der Waals surface area contributed by atoms with Crippen molar-refractivity contribution in [3.05, 3.63) is 40.0 Å². The highest BCUT2D eigenvalue weighted by Crippen LogP contribution is 2.48. The quantitative estimate of drug-likeness (QED) is 0.844. The van der Waals surface area contributed by atoms with Gasteiger partial charge in [0.15, 0.2) is 12.1 Å². The maximum absolute atomic E-state index is 12.4. The maximum Gasteiger partial charge on any atom is 0.257 e. The standard InChI is InChI=1S/C17H19BrN4O3/c1-11-2-3-12(18)6-13(11)16(23)19-14-7-22(21-20-14)8-15-24-9-17(4-5-17)10-25-15/h2-3,6-7,15H,4-5,8-10H2,1H3,(H,19,23). The van der Waals surface area contributed by atoms with E-state index in [1.54, 1.807) is 16.9 Å². The van der Waals surface area contributed by atoms with Crippen LogP contribution in [0.5, 0.6) is 0 Å². The Morgan fingerprint density at radius 1 is 1.40 bits per heavy atom. The summed E-state index contributed by atoms with van der Waals surface area (Å²) in [6.45, 7) is 3.84. The molecule has 25 heavy (non-hydrogen) atoms. The number of anilines is 1. The van der Waals surface area contributed by atoms with Crippen LogP contribution in [0.4, 0.5) is 5.82 Å². The van der Waals surface area contributed by atoms with E-state index in [1.165, 1.54) is 12.8 Å². The summed E-state index contributed by atoms with van der Waals surface area (Å²) in [5.41, 5.74) is 1.77. The summed E-state index contributed by atoms with van der Waals surface area (Å²) < 4.78 is 14.0. The molecule has 1 aromatic heterocycles. The van der Waals surface area contributed by atoms with Crippen LogP contribution in [-0.2, 0) is 16.0 Å². The number of hydrogen-bond acceptors (Lipinski definition) is 5. The summed E-state index contributed by atoms with van der Waals surface area (Å²) in [6.07, 6.45) is 3.74. The zero-order valence-electron chi connectivity index (χ0n) is 13.9. The van der Waals surface area contributed by atoms with Crippen molar-refractivity contribution in [3.63, 3.8) is 0 Å². The van der Waals surface area contributed by atoms with Crippen molar-refractivity contribution in [2.75, 3.05) is 18.5 Å². The summed E-state index contributed by atoms with van der Waals surface area (Å²) in [6, 6.07) is 5.57. The SMILES string of the molecule is Cc1ccc(Br)cc1C(=O)Nc1cn(CC2OCC3(CC3)CO2)nn1. The van der Waals surface area contributed by atoms with Crippen LogP contribution in [0.1, 0.15) is 28.8 Å². The first kappa shape index (κ1) is 16.7. The molecule has 1 N–H and O–H groups in total. The minimum Gasteiger partial charge on any atom is -0.350 e. The fourth-order valence-corrected chi connectivity index (χ4v) is 3.18. The number of aromatic nitrogens is 3.